The predicted molar refractivity (Wildman–Crippen MR) is 114 cm³/mol. The summed E-state index contributed by atoms with van der Waals surface area (Å²) in [5, 5.41) is 8.55. The Bertz CT molecular complexity index is 1210. The van der Waals surface area contributed by atoms with Crippen LogP contribution < -0.4 is 4.74 Å². The van der Waals surface area contributed by atoms with Crippen LogP contribution in [-0.2, 0) is 6.18 Å². The van der Waals surface area contributed by atoms with Gasteiger partial charge in [-0.05, 0) is 56.7 Å². The largest absolute Gasteiger partial charge is 0.475 e. The molecule has 2 fully saturated rings. The van der Waals surface area contributed by atoms with Gasteiger partial charge >= 0.3 is 6.18 Å². The number of piperidine rings is 1. The lowest BCUT2D eigenvalue weighted by atomic mass is 10.0. The summed E-state index contributed by atoms with van der Waals surface area (Å²) >= 11 is 0. The summed E-state index contributed by atoms with van der Waals surface area (Å²) < 4.78 is 44.1. The molecule has 178 valence electrons. The monoisotopic (exact) mass is 472 g/mol. The number of hydrogen-bond acceptors (Lipinski definition) is 6. The summed E-state index contributed by atoms with van der Waals surface area (Å²) in [6.45, 7) is 4.34. The summed E-state index contributed by atoms with van der Waals surface area (Å²) in [5.74, 6) is 0.818. The summed E-state index contributed by atoms with van der Waals surface area (Å²) in [7, 11) is 0. The van der Waals surface area contributed by atoms with Crippen molar-refractivity contribution in [1.82, 2.24) is 29.9 Å². The van der Waals surface area contributed by atoms with E-state index in [4.69, 9.17) is 4.74 Å². The molecule has 1 saturated carbocycles. The van der Waals surface area contributed by atoms with Crippen molar-refractivity contribution in [3.63, 3.8) is 0 Å². The van der Waals surface area contributed by atoms with E-state index in [0.29, 0.717) is 35.5 Å². The maximum absolute atomic E-state index is 13.7. The lowest BCUT2D eigenvalue weighted by Crippen LogP contribution is -2.48. The van der Waals surface area contributed by atoms with E-state index in [0.717, 1.165) is 25.1 Å². The van der Waals surface area contributed by atoms with Gasteiger partial charge in [0.1, 0.15) is 12.3 Å². The second kappa shape index (κ2) is 8.37. The molecule has 2 aliphatic rings. The average molecular weight is 472 g/mol. The molecule has 11 heteroatoms. The van der Waals surface area contributed by atoms with Gasteiger partial charge < -0.3 is 9.64 Å². The Labute approximate surface area is 193 Å². The third-order valence-corrected chi connectivity index (χ3v) is 6.30. The van der Waals surface area contributed by atoms with E-state index in [2.05, 4.69) is 20.2 Å². The first-order valence-corrected chi connectivity index (χ1v) is 11.0. The first-order valence-electron chi connectivity index (χ1n) is 11.0. The van der Waals surface area contributed by atoms with Crippen LogP contribution in [0.1, 0.15) is 40.3 Å². The number of ether oxygens (including phenoxy) is 1. The van der Waals surface area contributed by atoms with Gasteiger partial charge in [0.25, 0.3) is 5.91 Å². The molecule has 0 aromatic carbocycles. The van der Waals surface area contributed by atoms with Crippen molar-refractivity contribution in [3.8, 4) is 11.6 Å². The van der Waals surface area contributed by atoms with Crippen molar-refractivity contribution in [2.75, 3.05) is 13.2 Å². The Balaban J connectivity index is 1.37. The molecule has 1 unspecified atom stereocenters. The predicted octanol–water partition coefficient (Wildman–Crippen LogP) is 3.62. The van der Waals surface area contributed by atoms with E-state index in [-0.39, 0.29) is 30.1 Å². The summed E-state index contributed by atoms with van der Waals surface area (Å²) in [6.07, 6.45) is -0.292. The maximum Gasteiger partial charge on any atom is 0.417 e. The smallest absolute Gasteiger partial charge is 0.417 e. The Morgan fingerprint density at radius 3 is 2.59 bits per heavy atom. The van der Waals surface area contributed by atoms with Crippen molar-refractivity contribution in [3.05, 3.63) is 59.3 Å². The number of pyridine rings is 2. The van der Waals surface area contributed by atoms with Gasteiger partial charge in [-0.25, -0.2) is 9.97 Å². The minimum atomic E-state index is -4.46. The molecule has 1 aliphatic heterocycles. The van der Waals surface area contributed by atoms with Crippen LogP contribution in [0.5, 0.6) is 5.88 Å². The number of carbonyl (C=O) groups is 1. The molecule has 0 N–H and O–H groups in total. The highest BCUT2D eigenvalue weighted by molar-refractivity contribution is 5.96. The summed E-state index contributed by atoms with van der Waals surface area (Å²) in [6, 6.07) is 5.46. The van der Waals surface area contributed by atoms with Crippen LogP contribution in [0.2, 0.25) is 0 Å². The van der Waals surface area contributed by atoms with Crippen LogP contribution >= 0.6 is 0 Å². The van der Waals surface area contributed by atoms with Gasteiger partial charge in [-0.1, -0.05) is 0 Å². The highest BCUT2D eigenvalue weighted by atomic mass is 19.4. The fourth-order valence-electron chi connectivity index (χ4n) is 4.38. The fourth-order valence-corrected chi connectivity index (χ4v) is 4.38. The number of aryl methyl sites for hydroxylation is 2. The number of likely N-dealkylation sites (tertiary alicyclic amines) is 1. The number of carbonyl (C=O) groups excluding carboxylic acids is 1. The highest BCUT2D eigenvalue weighted by Gasteiger charge is 2.48. The van der Waals surface area contributed by atoms with Crippen molar-refractivity contribution in [2.45, 2.75) is 38.9 Å². The lowest BCUT2D eigenvalue weighted by Gasteiger charge is -2.35. The first-order chi connectivity index (χ1) is 16.2. The molecule has 8 nitrogen and oxygen atoms in total. The molecule has 3 atom stereocenters. The molecule has 0 radical (unpaired) electrons. The van der Waals surface area contributed by atoms with E-state index in [9.17, 15) is 18.0 Å². The van der Waals surface area contributed by atoms with Crippen molar-refractivity contribution in [2.24, 2.45) is 11.8 Å². The molecule has 4 heterocycles. The van der Waals surface area contributed by atoms with Crippen LogP contribution in [0.4, 0.5) is 13.2 Å². The molecule has 0 bridgehead atoms. The second-order valence-electron chi connectivity index (χ2n) is 8.89. The van der Waals surface area contributed by atoms with E-state index >= 15 is 0 Å². The molecule has 1 saturated heterocycles. The van der Waals surface area contributed by atoms with Gasteiger partial charge in [0.15, 0.2) is 5.69 Å². The van der Waals surface area contributed by atoms with Crippen LogP contribution in [0.3, 0.4) is 0 Å². The van der Waals surface area contributed by atoms with Crippen LogP contribution in [-0.4, -0.2) is 55.0 Å². The molecule has 0 spiro atoms. The van der Waals surface area contributed by atoms with E-state index < -0.39 is 11.7 Å². The van der Waals surface area contributed by atoms with Gasteiger partial charge in [0.05, 0.1) is 23.5 Å². The minimum absolute atomic E-state index is 0.0869. The number of fused-ring (bicyclic) bond motifs is 1. The number of halogens is 3. The number of amides is 1. The zero-order valence-electron chi connectivity index (χ0n) is 18.7. The third kappa shape index (κ3) is 4.46. The zero-order valence-corrected chi connectivity index (χ0v) is 18.7. The Kier molecular flexibility index (Phi) is 5.49. The quantitative estimate of drug-likeness (QED) is 0.564. The number of alkyl halides is 3. The van der Waals surface area contributed by atoms with Gasteiger partial charge in [-0.2, -0.15) is 23.4 Å². The molecule has 3 aromatic heterocycles. The molecular weight excluding hydrogens is 449 g/mol. The molecule has 3 aromatic rings. The molecule has 1 aliphatic carbocycles. The van der Waals surface area contributed by atoms with Gasteiger partial charge in [-0.15, -0.1) is 4.80 Å². The Hall–Kier alpha value is -3.50. The molecular formula is C23H23F3N6O2. The fraction of sp³-hybridized carbons (Fsp3) is 0.435. The average Bonchev–Trinajstić information content (AvgIpc) is 3.44. The highest BCUT2D eigenvalue weighted by Crippen LogP contribution is 2.47. The zero-order chi connectivity index (χ0) is 24.0. The van der Waals surface area contributed by atoms with E-state index in [1.54, 1.807) is 23.2 Å². The number of hydrogen-bond donors (Lipinski definition) is 0. The topological polar surface area (TPSA) is 86.0 Å². The van der Waals surface area contributed by atoms with Gasteiger partial charge in [0, 0.05) is 24.5 Å². The Morgan fingerprint density at radius 2 is 1.91 bits per heavy atom. The standard InChI is InChI=1S/C23H23F3N6O2/c1-13-3-5-19(32-28-9-14(2)30-32)21(29-13)22(33)31-11-16-7-15(16)8-18(31)12-34-20-6-4-17(10-27-20)23(24,25)26/h3-6,9-10,15-16,18H,7-8,11-12H2,1-2H3/t15-,16?,18+/m1/s1. The van der Waals surface area contributed by atoms with Crippen LogP contribution in [0, 0.1) is 25.7 Å². The van der Waals surface area contributed by atoms with E-state index in [1.807, 2.05) is 13.8 Å². The summed E-state index contributed by atoms with van der Waals surface area (Å²) in [4.78, 5) is 25.1. The molecule has 1 amide bonds. The minimum Gasteiger partial charge on any atom is -0.475 e. The van der Waals surface area contributed by atoms with Crippen molar-refractivity contribution < 1.29 is 22.7 Å². The molecule has 34 heavy (non-hydrogen) atoms. The van der Waals surface area contributed by atoms with Crippen LogP contribution in [0.25, 0.3) is 5.69 Å². The molecule has 5 rings (SSSR count). The Morgan fingerprint density at radius 1 is 1.09 bits per heavy atom. The summed E-state index contributed by atoms with van der Waals surface area (Å²) in [5.41, 5.74) is 1.32. The number of nitrogens with zero attached hydrogens (tertiary/aromatic N) is 6. The van der Waals surface area contributed by atoms with Crippen LogP contribution in [0.15, 0.2) is 36.7 Å². The van der Waals surface area contributed by atoms with Gasteiger partial charge in [-0.3, -0.25) is 4.79 Å². The third-order valence-electron chi connectivity index (χ3n) is 6.30. The first kappa shape index (κ1) is 22.3. The normalized spacial score (nSPS) is 21.8. The number of aromatic nitrogens is 5. The SMILES string of the molecule is Cc1ccc(-n2ncc(C)n2)c(C(=O)N2CC3C[C@@H]3C[C@H]2COc2ccc(C(F)(F)F)cn2)n1. The van der Waals surface area contributed by atoms with Gasteiger partial charge in [0.2, 0.25) is 5.88 Å². The number of rotatable bonds is 5. The van der Waals surface area contributed by atoms with Crippen molar-refractivity contribution in [1.29, 1.82) is 0 Å². The van der Waals surface area contributed by atoms with E-state index in [1.165, 1.54) is 10.9 Å². The second-order valence-corrected chi connectivity index (χ2v) is 8.89. The maximum atomic E-state index is 13.7. The lowest BCUT2D eigenvalue weighted by molar-refractivity contribution is -0.137. The van der Waals surface area contributed by atoms with Crippen molar-refractivity contribution >= 4 is 5.91 Å².